The summed E-state index contributed by atoms with van der Waals surface area (Å²) < 4.78 is 34.6. The number of carbonyl (C=O) groups excluding carboxylic acids is 1. The zero-order valence-corrected chi connectivity index (χ0v) is 15.7. The predicted octanol–water partition coefficient (Wildman–Crippen LogP) is 2.65. The molecule has 0 saturated carbocycles. The smallest absolute Gasteiger partial charge is 0.409 e. The van der Waals surface area contributed by atoms with Crippen LogP contribution in [0.5, 0.6) is 0 Å². The molecule has 0 bridgehead atoms. The van der Waals surface area contributed by atoms with Crippen molar-refractivity contribution in [3.05, 3.63) is 18.2 Å². The van der Waals surface area contributed by atoms with Crippen molar-refractivity contribution in [3.8, 4) is 0 Å². The Balaban J connectivity index is 1.66. The van der Waals surface area contributed by atoms with Crippen molar-refractivity contribution in [2.45, 2.75) is 37.6 Å². The second-order valence-electron chi connectivity index (χ2n) is 6.16. The third-order valence-electron chi connectivity index (χ3n) is 4.45. The molecular formula is C17H23N3O5S. The predicted molar refractivity (Wildman–Crippen MR) is 97.0 cm³/mol. The van der Waals surface area contributed by atoms with E-state index in [4.69, 9.17) is 9.15 Å². The summed E-state index contributed by atoms with van der Waals surface area (Å²) in [5, 5.41) is 3.23. The van der Waals surface area contributed by atoms with E-state index in [1.807, 2.05) is 0 Å². The number of carbonyl (C=O) groups is 1. The number of amides is 1. The fourth-order valence-corrected chi connectivity index (χ4v) is 3.82. The van der Waals surface area contributed by atoms with Crippen LogP contribution < -0.4 is 5.32 Å². The maximum atomic E-state index is 12.0. The summed E-state index contributed by atoms with van der Waals surface area (Å²) in [6.07, 6.45) is 1.23. The molecule has 8 nitrogen and oxygen atoms in total. The van der Waals surface area contributed by atoms with Crippen molar-refractivity contribution < 1.29 is 22.4 Å². The molecule has 3 rings (SSSR count). The highest BCUT2D eigenvalue weighted by Gasteiger charge is 2.24. The number of hydrogen-bond acceptors (Lipinski definition) is 7. The molecule has 142 valence electrons. The third-order valence-corrected chi connectivity index (χ3v) is 6.18. The molecule has 1 aromatic carbocycles. The van der Waals surface area contributed by atoms with Crippen molar-refractivity contribution in [2.24, 2.45) is 0 Å². The lowest BCUT2D eigenvalue weighted by Gasteiger charge is -2.31. The monoisotopic (exact) mass is 381 g/mol. The molecule has 1 amide bonds. The summed E-state index contributed by atoms with van der Waals surface area (Å²) in [4.78, 5) is 18.0. The number of nitrogens with one attached hydrogen (secondary N) is 1. The number of aromatic nitrogens is 1. The number of fused-ring (bicyclic) bond motifs is 1. The van der Waals surface area contributed by atoms with Gasteiger partial charge in [0.25, 0.3) is 6.01 Å². The van der Waals surface area contributed by atoms with Gasteiger partial charge in [0, 0.05) is 19.1 Å². The number of oxazole rings is 1. The average Bonchev–Trinajstić information content (AvgIpc) is 3.04. The highest BCUT2D eigenvalue weighted by Crippen LogP contribution is 2.24. The Morgan fingerprint density at radius 1 is 1.35 bits per heavy atom. The van der Waals surface area contributed by atoms with Crippen molar-refractivity contribution in [1.29, 1.82) is 0 Å². The normalized spacial score (nSPS) is 16.0. The lowest BCUT2D eigenvalue weighted by molar-refractivity contribution is 0.0982. The van der Waals surface area contributed by atoms with Crippen LogP contribution in [0.25, 0.3) is 11.1 Å². The third kappa shape index (κ3) is 3.92. The lowest BCUT2D eigenvalue weighted by Crippen LogP contribution is -2.42. The number of hydrogen-bond donors (Lipinski definition) is 1. The molecule has 1 N–H and O–H groups in total. The molecule has 1 aliphatic heterocycles. The Kier molecular flexibility index (Phi) is 5.36. The van der Waals surface area contributed by atoms with Gasteiger partial charge in [0.1, 0.15) is 5.52 Å². The van der Waals surface area contributed by atoms with E-state index in [-0.39, 0.29) is 22.8 Å². The first-order valence-corrected chi connectivity index (χ1v) is 10.4. The van der Waals surface area contributed by atoms with E-state index in [0.717, 1.165) is 12.8 Å². The number of sulfone groups is 1. The van der Waals surface area contributed by atoms with Crippen LogP contribution in [-0.4, -0.2) is 55.9 Å². The number of nitrogens with zero attached hydrogens (tertiary/aromatic N) is 2. The molecule has 0 radical (unpaired) electrons. The SMILES string of the molecule is CCOC(=O)N1CCC(Nc2nc3cc(S(=O)(=O)CC)ccc3o2)CC1. The Hall–Kier alpha value is -2.29. The number of likely N-dealkylation sites (tertiary alicyclic amines) is 1. The Morgan fingerprint density at radius 3 is 2.73 bits per heavy atom. The van der Waals surface area contributed by atoms with Crippen molar-refractivity contribution in [2.75, 3.05) is 30.8 Å². The van der Waals surface area contributed by atoms with E-state index in [0.29, 0.717) is 36.8 Å². The molecule has 0 aliphatic carbocycles. The van der Waals surface area contributed by atoms with Gasteiger partial charge in [-0.05, 0) is 38.0 Å². The standard InChI is InChI=1S/C17H23N3O5S/c1-3-24-17(21)20-9-7-12(8-10-20)18-16-19-14-11-13(26(22,23)4-2)5-6-15(14)25-16/h5-6,11-12H,3-4,7-10H2,1-2H3,(H,18,19). The van der Waals surface area contributed by atoms with Gasteiger partial charge in [-0.1, -0.05) is 6.92 Å². The van der Waals surface area contributed by atoms with Gasteiger partial charge in [0.2, 0.25) is 0 Å². The van der Waals surface area contributed by atoms with Crippen LogP contribution in [0.15, 0.2) is 27.5 Å². The van der Waals surface area contributed by atoms with E-state index in [2.05, 4.69) is 10.3 Å². The highest BCUT2D eigenvalue weighted by molar-refractivity contribution is 7.91. The van der Waals surface area contributed by atoms with Gasteiger partial charge in [-0.3, -0.25) is 0 Å². The largest absolute Gasteiger partial charge is 0.450 e. The number of piperidine rings is 1. The Labute approximate surface area is 152 Å². The van der Waals surface area contributed by atoms with Crippen LogP contribution in [0.1, 0.15) is 26.7 Å². The first-order chi connectivity index (χ1) is 12.4. The number of anilines is 1. The van der Waals surface area contributed by atoms with E-state index in [1.165, 1.54) is 12.1 Å². The highest BCUT2D eigenvalue weighted by atomic mass is 32.2. The summed E-state index contributed by atoms with van der Waals surface area (Å²) in [5.74, 6) is 0.0422. The van der Waals surface area contributed by atoms with Crippen LogP contribution in [-0.2, 0) is 14.6 Å². The summed E-state index contributed by atoms with van der Waals surface area (Å²) >= 11 is 0. The molecule has 2 aromatic rings. The minimum atomic E-state index is -3.28. The van der Waals surface area contributed by atoms with Gasteiger partial charge in [0.05, 0.1) is 17.3 Å². The number of benzene rings is 1. The molecule has 1 fully saturated rings. The summed E-state index contributed by atoms with van der Waals surface area (Å²) in [5.41, 5.74) is 1.04. The van der Waals surface area contributed by atoms with Crippen LogP contribution >= 0.6 is 0 Å². The molecule has 1 saturated heterocycles. The molecule has 2 heterocycles. The first-order valence-electron chi connectivity index (χ1n) is 8.74. The Bertz CT molecular complexity index is 885. The molecule has 26 heavy (non-hydrogen) atoms. The molecular weight excluding hydrogens is 358 g/mol. The van der Waals surface area contributed by atoms with Crippen LogP contribution in [0.3, 0.4) is 0 Å². The van der Waals surface area contributed by atoms with Gasteiger partial charge < -0.3 is 19.4 Å². The topological polar surface area (TPSA) is 102 Å². The fraction of sp³-hybridized carbons (Fsp3) is 0.529. The zero-order chi connectivity index (χ0) is 18.7. The van der Waals surface area contributed by atoms with Crippen molar-refractivity contribution in [3.63, 3.8) is 0 Å². The average molecular weight is 381 g/mol. The van der Waals surface area contributed by atoms with Crippen LogP contribution in [0, 0.1) is 0 Å². The number of rotatable bonds is 5. The first kappa shape index (κ1) is 18.5. The van der Waals surface area contributed by atoms with E-state index in [9.17, 15) is 13.2 Å². The molecule has 9 heteroatoms. The van der Waals surface area contributed by atoms with Gasteiger partial charge >= 0.3 is 6.09 Å². The van der Waals surface area contributed by atoms with Crippen LogP contribution in [0.4, 0.5) is 10.8 Å². The maximum Gasteiger partial charge on any atom is 0.409 e. The summed E-state index contributed by atoms with van der Waals surface area (Å²) in [6.45, 7) is 4.98. The summed E-state index contributed by atoms with van der Waals surface area (Å²) in [7, 11) is -3.28. The van der Waals surface area contributed by atoms with Gasteiger partial charge in [-0.25, -0.2) is 13.2 Å². The lowest BCUT2D eigenvalue weighted by atomic mass is 10.1. The van der Waals surface area contributed by atoms with Crippen molar-refractivity contribution >= 4 is 33.0 Å². The molecule has 0 atom stereocenters. The van der Waals surface area contributed by atoms with E-state index in [1.54, 1.807) is 24.8 Å². The second-order valence-corrected chi connectivity index (χ2v) is 8.43. The second kappa shape index (κ2) is 7.53. The number of ether oxygens (including phenoxy) is 1. The zero-order valence-electron chi connectivity index (χ0n) is 14.9. The minimum Gasteiger partial charge on any atom is -0.450 e. The molecule has 1 aromatic heterocycles. The quantitative estimate of drug-likeness (QED) is 0.849. The molecule has 1 aliphatic rings. The molecule has 0 unspecified atom stereocenters. The van der Waals surface area contributed by atoms with Crippen molar-refractivity contribution in [1.82, 2.24) is 9.88 Å². The Morgan fingerprint density at radius 2 is 2.08 bits per heavy atom. The van der Waals surface area contributed by atoms with E-state index >= 15 is 0 Å². The summed E-state index contributed by atoms with van der Waals surface area (Å²) in [6, 6.07) is 5.19. The molecule has 0 spiro atoms. The van der Waals surface area contributed by atoms with Gasteiger partial charge in [-0.15, -0.1) is 0 Å². The van der Waals surface area contributed by atoms with Gasteiger partial charge in [0.15, 0.2) is 15.4 Å². The van der Waals surface area contributed by atoms with Crippen LogP contribution in [0.2, 0.25) is 0 Å². The van der Waals surface area contributed by atoms with E-state index < -0.39 is 9.84 Å². The van der Waals surface area contributed by atoms with Gasteiger partial charge in [-0.2, -0.15) is 4.98 Å². The maximum absolute atomic E-state index is 12.0. The fourth-order valence-electron chi connectivity index (χ4n) is 2.92. The minimum absolute atomic E-state index is 0.0422.